The monoisotopic (exact) mass is 303 g/mol. The zero-order valence-electron chi connectivity index (χ0n) is 12.6. The molecule has 4 N–H and O–H groups in total. The number of aromatic nitrogens is 4. The molecule has 2 unspecified atom stereocenters. The van der Waals surface area contributed by atoms with Gasteiger partial charge in [-0.3, -0.25) is 4.79 Å². The summed E-state index contributed by atoms with van der Waals surface area (Å²) in [5.74, 6) is 0.973. The summed E-state index contributed by atoms with van der Waals surface area (Å²) in [6, 6.07) is 0.116. The molecule has 0 bridgehead atoms. The lowest BCUT2D eigenvalue weighted by Gasteiger charge is -2.38. The maximum atomic E-state index is 12.6. The van der Waals surface area contributed by atoms with Crippen molar-refractivity contribution in [2.24, 2.45) is 11.7 Å². The number of nitrogens with two attached hydrogens (primary N) is 2. The molecule has 1 fully saturated rings. The molecule has 0 saturated carbocycles. The van der Waals surface area contributed by atoms with Crippen LogP contribution in [0.3, 0.4) is 0 Å². The van der Waals surface area contributed by atoms with Gasteiger partial charge in [-0.25, -0.2) is 15.0 Å². The van der Waals surface area contributed by atoms with Crippen LogP contribution in [0.4, 0.5) is 5.82 Å². The van der Waals surface area contributed by atoms with Crippen molar-refractivity contribution in [3.63, 3.8) is 0 Å². The topological polar surface area (TPSA) is 116 Å². The van der Waals surface area contributed by atoms with E-state index in [4.69, 9.17) is 11.5 Å². The summed E-state index contributed by atoms with van der Waals surface area (Å²) >= 11 is 0. The minimum absolute atomic E-state index is 0.0406. The van der Waals surface area contributed by atoms with Gasteiger partial charge < -0.3 is 20.9 Å². The van der Waals surface area contributed by atoms with E-state index >= 15 is 0 Å². The highest BCUT2D eigenvalue weighted by Gasteiger charge is 2.29. The highest BCUT2D eigenvalue weighted by atomic mass is 16.2. The van der Waals surface area contributed by atoms with Crippen molar-refractivity contribution >= 4 is 22.9 Å². The molecular formula is C14H21N7O. The Hall–Kier alpha value is -2.22. The Bertz CT molecular complexity index is 683. The normalized spacial score (nSPS) is 22.2. The van der Waals surface area contributed by atoms with E-state index in [-0.39, 0.29) is 18.5 Å². The smallest absolute Gasteiger partial charge is 0.242 e. The third-order valence-electron chi connectivity index (χ3n) is 4.31. The molecule has 2 aromatic heterocycles. The minimum atomic E-state index is 0.0406. The van der Waals surface area contributed by atoms with Gasteiger partial charge in [-0.15, -0.1) is 0 Å². The Morgan fingerprint density at radius 3 is 3.00 bits per heavy atom. The molecule has 1 saturated heterocycles. The lowest BCUT2D eigenvalue weighted by Crippen LogP contribution is -2.50. The van der Waals surface area contributed by atoms with Gasteiger partial charge in [0, 0.05) is 19.1 Å². The first-order valence-corrected chi connectivity index (χ1v) is 7.51. The lowest BCUT2D eigenvalue weighted by molar-refractivity contribution is -0.135. The van der Waals surface area contributed by atoms with Crippen LogP contribution < -0.4 is 11.5 Å². The van der Waals surface area contributed by atoms with Gasteiger partial charge in [-0.05, 0) is 18.8 Å². The maximum absolute atomic E-state index is 12.6. The highest BCUT2D eigenvalue weighted by molar-refractivity contribution is 5.83. The number of hydrogen-bond acceptors (Lipinski definition) is 6. The predicted octanol–water partition coefficient (Wildman–Crippen LogP) is -0.00570. The number of imidazole rings is 1. The molecule has 22 heavy (non-hydrogen) atoms. The van der Waals surface area contributed by atoms with Gasteiger partial charge in [0.15, 0.2) is 11.5 Å². The summed E-state index contributed by atoms with van der Waals surface area (Å²) in [5, 5.41) is 0. The number of nitrogens with zero attached hydrogens (tertiary/aromatic N) is 5. The number of carbonyl (C=O) groups is 1. The van der Waals surface area contributed by atoms with Crippen LogP contribution in [-0.2, 0) is 11.3 Å². The van der Waals surface area contributed by atoms with Crippen molar-refractivity contribution in [1.82, 2.24) is 24.4 Å². The number of amides is 1. The number of carbonyl (C=O) groups excluding carboxylic acids is 1. The molecule has 0 radical (unpaired) electrons. The average molecular weight is 303 g/mol. The molecule has 0 aliphatic carbocycles. The van der Waals surface area contributed by atoms with E-state index < -0.39 is 0 Å². The molecule has 2 atom stereocenters. The van der Waals surface area contributed by atoms with Gasteiger partial charge in [-0.2, -0.15) is 0 Å². The molecule has 1 aliphatic heterocycles. The van der Waals surface area contributed by atoms with Gasteiger partial charge in [0.25, 0.3) is 0 Å². The highest BCUT2D eigenvalue weighted by Crippen LogP contribution is 2.22. The molecule has 3 rings (SSSR count). The van der Waals surface area contributed by atoms with Gasteiger partial charge >= 0.3 is 0 Å². The predicted molar refractivity (Wildman–Crippen MR) is 82.7 cm³/mol. The minimum Gasteiger partial charge on any atom is -0.382 e. The molecule has 3 heterocycles. The number of rotatable bonds is 3. The zero-order valence-corrected chi connectivity index (χ0v) is 12.6. The summed E-state index contributed by atoms with van der Waals surface area (Å²) in [4.78, 5) is 26.8. The Balaban J connectivity index is 1.79. The first-order valence-electron chi connectivity index (χ1n) is 7.51. The number of likely N-dealkylation sites (tertiary alicyclic amines) is 1. The van der Waals surface area contributed by atoms with E-state index in [1.54, 1.807) is 10.9 Å². The summed E-state index contributed by atoms with van der Waals surface area (Å²) in [7, 11) is 0. The Morgan fingerprint density at radius 2 is 2.23 bits per heavy atom. The van der Waals surface area contributed by atoms with Crippen molar-refractivity contribution in [2.75, 3.05) is 18.8 Å². The zero-order chi connectivity index (χ0) is 15.7. The van der Waals surface area contributed by atoms with E-state index in [0.717, 1.165) is 19.4 Å². The van der Waals surface area contributed by atoms with Crippen LogP contribution in [0.25, 0.3) is 11.2 Å². The van der Waals surface area contributed by atoms with Crippen molar-refractivity contribution in [2.45, 2.75) is 32.4 Å². The molecular weight excluding hydrogens is 282 g/mol. The fourth-order valence-electron chi connectivity index (χ4n) is 3.05. The van der Waals surface area contributed by atoms with E-state index in [1.165, 1.54) is 6.33 Å². The molecule has 118 valence electrons. The number of anilines is 1. The Labute approximate surface area is 128 Å². The fraction of sp³-hybridized carbons (Fsp3) is 0.571. The number of hydrogen-bond donors (Lipinski definition) is 2. The molecule has 8 heteroatoms. The molecule has 1 aliphatic rings. The third-order valence-corrected chi connectivity index (χ3v) is 4.31. The van der Waals surface area contributed by atoms with E-state index in [1.807, 2.05) is 4.90 Å². The maximum Gasteiger partial charge on any atom is 0.242 e. The molecule has 0 aromatic carbocycles. The van der Waals surface area contributed by atoms with Crippen molar-refractivity contribution in [3.8, 4) is 0 Å². The van der Waals surface area contributed by atoms with Gasteiger partial charge in [-0.1, -0.05) is 6.92 Å². The first kappa shape index (κ1) is 14.7. The second-order valence-corrected chi connectivity index (χ2v) is 5.91. The van der Waals surface area contributed by atoms with E-state index in [9.17, 15) is 4.79 Å². The van der Waals surface area contributed by atoms with Crippen LogP contribution in [0.15, 0.2) is 12.7 Å². The Morgan fingerprint density at radius 1 is 1.41 bits per heavy atom. The quantitative estimate of drug-likeness (QED) is 0.824. The largest absolute Gasteiger partial charge is 0.382 e. The van der Waals surface area contributed by atoms with Crippen LogP contribution in [0.2, 0.25) is 0 Å². The van der Waals surface area contributed by atoms with Crippen LogP contribution in [0.1, 0.15) is 19.8 Å². The van der Waals surface area contributed by atoms with Crippen LogP contribution in [0, 0.1) is 5.92 Å². The average Bonchev–Trinajstić information content (AvgIpc) is 2.91. The van der Waals surface area contributed by atoms with Crippen LogP contribution in [0.5, 0.6) is 0 Å². The number of fused-ring (bicyclic) bond motifs is 1. The second kappa shape index (κ2) is 5.88. The summed E-state index contributed by atoms with van der Waals surface area (Å²) < 4.78 is 1.71. The molecule has 0 spiro atoms. The lowest BCUT2D eigenvalue weighted by atomic mass is 9.92. The SMILES string of the molecule is CC1CCN(C(=O)Cn2cnc3c(N)ncnc32)C(CN)C1. The number of nitrogen functional groups attached to an aromatic ring is 1. The van der Waals surface area contributed by atoms with Crippen molar-refractivity contribution in [3.05, 3.63) is 12.7 Å². The summed E-state index contributed by atoms with van der Waals surface area (Å²) in [6.45, 7) is 3.65. The molecule has 2 aromatic rings. The van der Waals surface area contributed by atoms with Gasteiger partial charge in [0.2, 0.25) is 5.91 Å². The summed E-state index contributed by atoms with van der Waals surface area (Å²) in [5.41, 5.74) is 12.7. The van der Waals surface area contributed by atoms with Gasteiger partial charge in [0.1, 0.15) is 18.4 Å². The fourth-order valence-corrected chi connectivity index (χ4v) is 3.05. The summed E-state index contributed by atoms with van der Waals surface area (Å²) in [6.07, 6.45) is 4.94. The molecule has 8 nitrogen and oxygen atoms in total. The molecule has 1 amide bonds. The van der Waals surface area contributed by atoms with Gasteiger partial charge in [0.05, 0.1) is 6.33 Å². The van der Waals surface area contributed by atoms with E-state index in [2.05, 4.69) is 21.9 Å². The Kier molecular flexibility index (Phi) is 3.93. The van der Waals surface area contributed by atoms with Crippen molar-refractivity contribution < 1.29 is 4.79 Å². The number of piperidine rings is 1. The first-order chi connectivity index (χ1) is 10.6. The van der Waals surface area contributed by atoms with E-state index in [0.29, 0.717) is 29.4 Å². The van der Waals surface area contributed by atoms with Crippen LogP contribution >= 0.6 is 0 Å². The standard InChI is InChI=1S/C14H21N7O/c1-9-2-3-21(10(4-9)5-15)11(22)6-20-8-19-12-13(16)17-7-18-14(12)20/h7-10H,2-6,15H2,1H3,(H2,16,17,18). The van der Waals surface area contributed by atoms with Crippen LogP contribution in [-0.4, -0.2) is 49.5 Å². The van der Waals surface area contributed by atoms with Crippen molar-refractivity contribution in [1.29, 1.82) is 0 Å². The third kappa shape index (κ3) is 2.61. The second-order valence-electron chi connectivity index (χ2n) is 5.91.